The second-order valence-corrected chi connectivity index (χ2v) is 3.26. The van der Waals surface area contributed by atoms with Crippen LogP contribution in [0.2, 0.25) is 5.02 Å². The lowest BCUT2D eigenvalue weighted by Gasteiger charge is -2.13. The van der Waals surface area contributed by atoms with Gasteiger partial charge < -0.3 is 4.74 Å². The molecule has 5 heteroatoms. The number of rotatable bonds is 5. The van der Waals surface area contributed by atoms with E-state index in [1.54, 1.807) is 0 Å². The van der Waals surface area contributed by atoms with Crippen LogP contribution in [0.3, 0.4) is 0 Å². The number of alkyl halides is 2. The average molecular weight is 235 g/mol. The Hall–Kier alpha value is -1.16. The van der Waals surface area contributed by atoms with Crippen LogP contribution in [0, 0.1) is 0 Å². The van der Waals surface area contributed by atoms with E-state index in [0.717, 1.165) is 0 Å². The third-order valence-electron chi connectivity index (χ3n) is 1.73. The monoisotopic (exact) mass is 234 g/mol. The Labute approximate surface area is 90.8 Å². The quantitative estimate of drug-likeness (QED) is 0.733. The number of aldehydes is 1. The molecule has 2 nitrogen and oxygen atoms in total. The number of carbonyl (C=O) groups excluding carboxylic acids is 1. The third-order valence-corrected chi connectivity index (χ3v) is 2.03. The highest BCUT2D eigenvalue weighted by Gasteiger charge is 2.12. The molecule has 1 aromatic rings. The van der Waals surface area contributed by atoms with E-state index in [0.29, 0.717) is 11.8 Å². The van der Waals surface area contributed by atoms with Gasteiger partial charge in [0.2, 0.25) is 0 Å². The molecule has 0 unspecified atom stereocenters. The van der Waals surface area contributed by atoms with Crippen molar-refractivity contribution in [2.24, 2.45) is 0 Å². The van der Waals surface area contributed by atoms with E-state index >= 15 is 0 Å². The smallest absolute Gasteiger partial charge is 0.155 e. The zero-order chi connectivity index (χ0) is 11.3. The molecule has 0 aliphatic carbocycles. The Morgan fingerprint density at radius 2 is 2.07 bits per heavy atom. The van der Waals surface area contributed by atoms with Crippen LogP contribution in [0.4, 0.5) is 8.78 Å². The molecule has 0 atom stereocenters. The molecule has 0 aliphatic rings. The van der Waals surface area contributed by atoms with Crippen LogP contribution in [0.1, 0.15) is 10.4 Å². The van der Waals surface area contributed by atoms with Crippen molar-refractivity contribution >= 4 is 17.9 Å². The molecule has 0 amide bonds. The fourth-order valence-corrected chi connectivity index (χ4v) is 1.20. The number of carbonyl (C=O) groups is 1. The summed E-state index contributed by atoms with van der Waals surface area (Å²) in [4.78, 5) is 10.4. The van der Waals surface area contributed by atoms with Crippen LogP contribution in [0.15, 0.2) is 18.2 Å². The van der Waals surface area contributed by atoms with E-state index in [1.165, 1.54) is 18.2 Å². The Morgan fingerprint density at radius 3 is 2.53 bits per heavy atom. The summed E-state index contributed by atoms with van der Waals surface area (Å²) in [5.41, 5.74) is 0.379. The molecule has 0 radical (unpaired) electrons. The molecule has 0 fully saturated rings. The molecule has 0 heterocycles. The summed E-state index contributed by atoms with van der Waals surface area (Å²) in [5.74, 6) is 0.169. The first kappa shape index (κ1) is 11.9. The maximum absolute atomic E-state index is 12.2. The van der Waals surface area contributed by atoms with Gasteiger partial charge in [0.15, 0.2) is 6.10 Å². The topological polar surface area (TPSA) is 26.3 Å². The van der Waals surface area contributed by atoms with E-state index in [1.807, 2.05) is 0 Å². The molecule has 82 valence electrons. The molecule has 0 saturated carbocycles. The summed E-state index contributed by atoms with van der Waals surface area (Å²) >= 11 is 5.74. The fourth-order valence-electron chi connectivity index (χ4n) is 0.970. The summed E-state index contributed by atoms with van der Waals surface area (Å²) in [6, 6.07) is 4.24. The SMILES string of the molecule is O=Cc1ccc(OC(CF)CF)c(Cl)c1. The van der Waals surface area contributed by atoms with Crippen molar-refractivity contribution in [1.29, 1.82) is 0 Å². The average Bonchev–Trinajstić information content (AvgIpc) is 2.27. The van der Waals surface area contributed by atoms with Crippen LogP contribution >= 0.6 is 11.6 Å². The number of ether oxygens (including phenoxy) is 1. The van der Waals surface area contributed by atoms with Crippen molar-refractivity contribution in [2.45, 2.75) is 6.10 Å². The zero-order valence-corrected chi connectivity index (χ0v) is 8.51. The van der Waals surface area contributed by atoms with Gasteiger partial charge in [0.05, 0.1) is 5.02 Å². The summed E-state index contributed by atoms with van der Waals surface area (Å²) in [7, 11) is 0. The van der Waals surface area contributed by atoms with Crippen molar-refractivity contribution < 1.29 is 18.3 Å². The van der Waals surface area contributed by atoms with E-state index in [-0.39, 0.29) is 10.8 Å². The predicted octanol–water partition coefficient (Wildman–Crippen LogP) is 2.84. The van der Waals surface area contributed by atoms with Crippen LogP contribution in [0.25, 0.3) is 0 Å². The molecule has 0 saturated heterocycles. The van der Waals surface area contributed by atoms with Gasteiger partial charge in [-0.15, -0.1) is 0 Å². The number of halogens is 3. The molecule has 0 N–H and O–H groups in total. The highest BCUT2D eigenvalue weighted by molar-refractivity contribution is 6.32. The van der Waals surface area contributed by atoms with E-state index in [4.69, 9.17) is 16.3 Å². The second-order valence-electron chi connectivity index (χ2n) is 2.86. The first-order valence-corrected chi connectivity index (χ1v) is 4.62. The number of benzene rings is 1. The largest absolute Gasteiger partial charge is 0.483 e. The van der Waals surface area contributed by atoms with Gasteiger partial charge in [-0.1, -0.05) is 11.6 Å². The lowest BCUT2D eigenvalue weighted by Crippen LogP contribution is -2.21. The molecule has 0 spiro atoms. The van der Waals surface area contributed by atoms with Crippen LogP contribution in [-0.2, 0) is 0 Å². The van der Waals surface area contributed by atoms with Gasteiger partial charge in [-0.2, -0.15) is 0 Å². The standard InChI is InChI=1S/C10H9ClF2O2/c11-9-3-7(6-14)1-2-10(9)15-8(4-12)5-13/h1-3,6,8H,4-5H2. The maximum atomic E-state index is 12.2. The number of hydrogen-bond donors (Lipinski definition) is 0. The Kier molecular flexibility index (Phi) is 4.49. The van der Waals surface area contributed by atoms with Gasteiger partial charge in [-0.25, -0.2) is 8.78 Å². The second kappa shape index (κ2) is 5.66. The van der Waals surface area contributed by atoms with E-state index in [2.05, 4.69) is 0 Å². The van der Waals surface area contributed by atoms with Crippen molar-refractivity contribution in [3.8, 4) is 5.75 Å². The van der Waals surface area contributed by atoms with Crippen LogP contribution in [0.5, 0.6) is 5.75 Å². The van der Waals surface area contributed by atoms with Gasteiger partial charge in [0, 0.05) is 5.56 Å². The van der Waals surface area contributed by atoms with Crippen LogP contribution < -0.4 is 4.74 Å². The van der Waals surface area contributed by atoms with Crippen molar-refractivity contribution in [1.82, 2.24) is 0 Å². The fraction of sp³-hybridized carbons (Fsp3) is 0.300. The molecule has 1 rings (SSSR count). The van der Waals surface area contributed by atoms with Gasteiger partial charge in [0.25, 0.3) is 0 Å². The molecule has 15 heavy (non-hydrogen) atoms. The van der Waals surface area contributed by atoms with E-state index < -0.39 is 19.5 Å². The summed E-state index contributed by atoms with van der Waals surface area (Å²) in [5, 5.41) is 0.159. The number of hydrogen-bond acceptors (Lipinski definition) is 2. The lowest BCUT2D eigenvalue weighted by molar-refractivity contribution is 0.112. The van der Waals surface area contributed by atoms with Crippen LogP contribution in [-0.4, -0.2) is 25.7 Å². The Morgan fingerprint density at radius 1 is 1.40 bits per heavy atom. The maximum Gasteiger partial charge on any atom is 0.155 e. The van der Waals surface area contributed by atoms with Crippen molar-refractivity contribution in [2.75, 3.05) is 13.3 Å². The third kappa shape index (κ3) is 3.16. The predicted molar refractivity (Wildman–Crippen MR) is 53.2 cm³/mol. The Balaban J connectivity index is 2.81. The minimum atomic E-state index is -1.15. The summed E-state index contributed by atoms with van der Waals surface area (Å²) < 4.78 is 29.3. The molecule has 0 aliphatic heterocycles. The van der Waals surface area contributed by atoms with Gasteiger partial charge >= 0.3 is 0 Å². The lowest BCUT2D eigenvalue weighted by atomic mass is 10.2. The first-order valence-electron chi connectivity index (χ1n) is 4.24. The minimum Gasteiger partial charge on any atom is -0.483 e. The zero-order valence-electron chi connectivity index (χ0n) is 7.75. The van der Waals surface area contributed by atoms with Gasteiger partial charge in [-0.05, 0) is 18.2 Å². The van der Waals surface area contributed by atoms with Crippen molar-refractivity contribution in [3.63, 3.8) is 0 Å². The van der Waals surface area contributed by atoms with Gasteiger partial charge in [0.1, 0.15) is 25.4 Å². The highest BCUT2D eigenvalue weighted by atomic mass is 35.5. The van der Waals surface area contributed by atoms with Gasteiger partial charge in [-0.3, -0.25) is 4.79 Å². The Bertz CT molecular complexity index is 340. The normalized spacial score (nSPS) is 10.4. The van der Waals surface area contributed by atoms with E-state index in [9.17, 15) is 13.6 Å². The summed E-state index contributed by atoms with van der Waals surface area (Å²) in [6.45, 7) is -1.86. The molecule has 1 aromatic carbocycles. The minimum absolute atomic E-state index is 0.159. The molecular weight excluding hydrogens is 226 g/mol. The molecule has 0 bridgehead atoms. The highest BCUT2D eigenvalue weighted by Crippen LogP contribution is 2.26. The molecule has 0 aromatic heterocycles. The van der Waals surface area contributed by atoms with Crippen molar-refractivity contribution in [3.05, 3.63) is 28.8 Å². The summed E-state index contributed by atoms with van der Waals surface area (Å²) in [6.07, 6.45) is -0.526. The molecular formula is C10H9ClF2O2. The first-order chi connectivity index (χ1) is 7.21.